The van der Waals surface area contributed by atoms with E-state index in [2.05, 4.69) is 9.72 Å². The van der Waals surface area contributed by atoms with Crippen LogP contribution in [0.5, 0.6) is 0 Å². The molecule has 1 aromatic carbocycles. The van der Waals surface area contributed by atoms with Crippen molar-refractivity contribution in [3.05, 3.63) is 35.0 Å². The number of para-hydroxylation sites is 1. The van der Waals surface area contributed by atoms with Gasteiger partial charge in [0.15, 0.2) is 6.29 Å². The van der Waals surface area contributed by atoms with Crippen LogP contribution in [0.3, 0.4) is 0 Å². The van der Waals surface area contributed by atoms with Gasteiger partial charge in [-0.15, -0.1) is 0 Å². The lowest BCUT2D eigenvalue weighted by Crippen LogP contribution is -2.09. The first-order chi connectivity index (χ1) is 10.6. The van der Waals surface area contributed by atoms with E-state index in [4.69, 9.17) is 4.74 Å². The molecule has 0 unspecified atom stereocenters. The summed E-state index contributed by atoms with van der Waals surface area (Å²) in [5, 5.41) is 0.733. The van der Waals surface area contributed by atoms with E-state index >= 15 is 0 Å². The minimum absolute atomic E-state index is 0.140. The van der Waals surface area contributed by atoms with Gasteiger partial charge in [0.25, 0.3) is 0 Å². The van der Waals surface area contributed by atoms with Crippen molar-refractivity contribution < 1.29 is 23.9 Å². The molecule has 0 amide bonds. The molecule has 0 atom stereocenters. The lowest BCUT2D eigenvalue weighted by atomic mass is 10.0. The van der Waals surface area contributed by atoms with E-state index in [1.54, 1.807) is 25.1 Å². The van der Waals surface area contributed by atoms with Crippen LogP contribution in [-0.2, 0) is 20.7 Å². The molecule has 1 heterocycles. The third kappa shape index (κ3) is 3.00. The number of benzene rings is 1. The average molecular weight is 303 g/mol. The largest absolute Gasteiger partial charge is 0.469 e. The van der Waals surface area contributed by atoms with Gasteiger partial charge in [0, 0.05) is 17.4 Å². The summed E-state index contributed by atoms with van der Waals surface area (Å²) < 4.78 is 9.66. The number of carbonyl (C=O) groups is 3. The maximum absolute atomic E-state index is 12.1. The number of rotatable bonds is 6. The SMILES string of the molecule is CCOC(=O)c1[nH]c2c(C=O)cccc2c1CCC(=O)OC. The highest BCUT2D eigenvalue weighted by molar-refractivity contribution is 6.03. The first-order valence-corrected chi connectivity index (χ1v) is 6.95. The average Bonchev–Trinajstić information content (AvgIpc) is 2.91. The maximum atomic E-state index is 12.1. The van der Waals surface area contributed by atoms with Crippen LogP contribution in [0.1, 0.15) is 39.8 Å². The van der Waals surface area contributed by atoms with Crippen LogP contribution < -0.4 is 0 Å². The van der Waals surface area contributed by atoms with Crippen molar-refractivity contribution >= 4 is 29.1 Å². The van der Waals surface area contributed by atoms with Crippen molar-refractivity contribution in [2.45, 2.75) is 19.8 Å². The Morgan fingerprint density at radius 3 is 2.73 bits per heavy atom. The number of carbonyl (C=O) groups excluding carboxylic acids is 3. The number of aldehydes is 1. The van der Waals surface area contributed by atoms with Crippen LogP contribution in [0.4, 0.5) is 0 Å². The second kappa shape index (κ2) is 6.89. The zero-order valence-electron chi connectivity index (χ0n) is 12.5. The number of aryl methyl sites for hydroxylation is 1. The summed E-state index contributed by atoms with van der Waals surface area (Å²) in [4.78, 5) is 37.6. The molecule has 22 heavy (non-hydrogen) atoms. The van der Waals surface area contributed by atoms with Crippen molar-refractivity contribution in [3.8, 4) is 0 Å². The Kier molecular flexibility index (Phi) is 4.93. The van der Waals surface area contributed by atoms with E-state index < -0.39 is 5.97 Å². The van der Waals surface area contributed by atoms with Crippen molar-refractivity contribution in [1.29, 1.82) is 0 Å². The van der Waals surface area contributed by atoms with Crippen LogP contribution in [-0.4, -0.2) is 36.9 Å². The highest BCUT2D eigenvalue weighted by Gasteiger charge is 2.20. The van der Waals surface area contributed by atoms with Gasteiger partial charge in [0.1, 0.15) is 5.69 Å². The molecule has 1 aromatic heterocycles. The molecule has 0 bridgehead atoms. The maximum Gasteiger partial charge on any atom is 0.355 e. The van der Waals surface area contributed by atoms with Crippen molar-refractivity contribution in [3.63, 3.8) is 0 Å². The normalized spacial score (nSPS) is 10.5. The van der Waals surface area contributed by atoms with E-state index in [1.165, 1.54) is 7.11 Å². The number of methoxy groups -OCH3 is 1. The monoisotopic (exact) mass is 303 g/mol. The Hall–Kier alpha value is -2.63. The molecule has 0 saturated carbocycles. The van der Waals surface area contributed by atoms with E-state index in [1.807, 2.05) is 0 Å². The van der Waals surface area contributed by atoms with Gasteiger partial charge in [-0.05, 0) is 25.0 Å². The Morgan fingerprint density at radius 2 is 2.09 bits per heavy atom. The highest BCUT2D eigenvalue weighted by atomic mass is 16.5. The van der Waals surface area contributed by atoms with Gasteiger partial charge in [0.05, 0.1) is 19.2 Å². The topological polar surface area (TPSA) is 85.5 Å². The first-order valence-electron chi connectivity index (χ1n) is 6.95. The molecular formula is C16H17NO5. The highest BCUT2D eigenvalue weighted by Crippen LogP contribution is 2.26. The zero-order chi connectivity index (χ0) is 16.1. The molecule has 6 heteroatoms. The quantitative estimate of drug-likeness (QED) is 0.653. The van der Waals surface area contributed by atoms with Gasteiger partial charge in [-0.3, -0.25) is 9.59 Å². The number of hydrogen-bond donors (Lipinski definition) is 1. The molecule has 2 aromatic rings. The molecule has 0 radical (unpaired) electrons. The number of H-pyrrole nitrogens is 1. The van der Waals surface area contributed by atoms with Crippen LogP contribution in [0, 0.1) is 0 Å². The van der Waals surface area contributed by atoms with Crippen LogP contribution in [0.2, 0.25) is 0 Å². The lowest BCUT2D eigenvalue weighted by molar-refractivity contribution is -0.140. The molecule has 2 rings (SSSR count). The Balaban J connectivity index is 2.52. The summed E-state index contributed by atoms with van der Waals surface area (Å²) in [5.41, 5.74) is 1.95. The van der Waals surface area contributed by atoms with Gasteiger partial charge in [-0.2, -0.15) is 0 Å². The van der Waals surface area contributed by atoms with E-state index in [-0.39, 0.29) is 24.7 Å². The fourth-order valence-corrected chi connectivity index (χ4v) is 2.36. The van der Waals surface area contributed by atoms with Gasteiger partial charge in [-0.1, -0.05) is 12.1 Å². The summed E-state index contributed by atoms with van der Waals surface area (Å²) >= 11 is 0. The Labute approximate surface area is 127 Å². The van der Waals surface area contributed by atoms with Crippen LogP contribution in [0.25, 0.3) is 10.9 Å². The summed E-state index contributed by atoms with van der Waals surface area (Å²) in [6.45, 7) is 1.96. The fraction of sp³-hybridized carbons (Fsp3) is 0.312. The lowest BCUT2D eigenvalue weighted by Gasteiger charge is -2.04. The second-order valence-corrected chi connectivity index (χ2v) is 4.66. The number of esters is 2. The van der Waals surface area contributed by atoms with Gasteiger partial charge < -0.3 is 14.5 Å². The van der Waals surface area contributed by atoms with Crippen LogP contribution in [0.15, 0.2) is 18.2 Å². The summed E-state index contributed by atoms with van der Waals surface area (Å²) in [7, 11) is 1.31. The molecule has 1 N–H and O–H groups in total. The Morgan fingerprint density at radius 1 is 1.32 bits per heavy atom. The summed E-state index contributed by atoms with van der Waals surface area (Å²) in [6, 6.07) is 5.19. The molecule has 0 aliphatic carbocycles. The first kappa shape index (κ1) is 15.8. The van der Waals surface area contributed by atoms with Gasteiger partial charge in [-0.25, -0.2) is 4.79 Å². The van der Waals surface area contributed by atoms with Gasteiger partial charge >= 0.3 is 11.9 Å². The summed E-state index contributed by atoms with van der Waals surface area (Å²) in [6.07, 6.45) is 1.18. The Bertz CT molecular complexity index is 717. The number of ether oxygens (including phenoxy) is 2. The predicted octanol–water partition coefficient (Wildman–Crippen LogP) is 2.26. The molecule has 0 saturated heterocycles. The van der Waals surface area contributed by atoms with Crippen molar-refractivity contribution in [1.82, 2.24) is 4.98 Å². The summed E-state index contributed by atoms with van der Waals surface area (Å²) in [5.74, 6) is -0.869. The third-order valence-electron chi connectivity index (χ3n) is 3.39. The third-order valence-corrected chi connectivity index (χ3v) is 3.39. The number of aromatic amines is 1. The standard InChI is InChI=1S/C16H17NO5/c1-3-22-16(20)15-12(7-8-13(19)21-2)11-6-4-5-10(9-18)14(11)17-15/h4-6,9,17H,3,7-8H2,1-2H3. The van der Waals surface area contributed by atoms with Crippen LogP contribution >= 0.6 is 0 Å². The molecular weight excluding hydrogens is 286 g/mol. The fourth-order valence-electron chi connectivity index (χ4n) is 2.36. The van der Waals surface area contributed by atoms with E-state index in [0.717, 1.165) is 11.7 Å². The van der Waals surface area contributed by atoms with E-state index in [0.29, 0.717) is 23.1 Å². The minimum Gasteiger partial charge on any atom is -0.469 e. The molecule has 0 fully saturated rings. The molecule has 0 spiro atoms. The van der Waals surface area contributed by atoms with Crippen molar-refractivity contribution in [2.75, 3.05) is 13.7 Å². The number of aromatic nitrogens is 1. The number of hydrogen-bond acceptors (Lipinski definition) is 5. The predicted molar refractivity (Wildman–Crippen MR) is 80.0 cm³/mol. The molecule has 0 aliphatic heterocycles. The minimum atomic E-state index is -0.504. The smallest absolute Gasteiger partial charge is 0.355 e. The molecule has 116 valence electrons. The van der Waals surface area contributed by atoms with Crippen molar-refractivity contribution in [2.24, 2.45) is 0 Å². The second-order valence-electron chi connectivity index (χ2n) is 4.66. The molecule has 0 aliphatic rings. The number of fused-ring (bicyclic) bond motifs is 1. The van der Waals surface area contributed by atoms with E-state index in [9.17, 15) is 14.4 Å². The molecule has 6 nitrogen and oxygen atoms in total. The van der Waals surface area contributed by atoms with Gasteiger partial charge in [0.2, 0.25) is 0 Å². The zero-order valence-corrected chi connectivity index (χ0v) is 12.5. The number of nitrogens with one attached hydrogen (secondary N) is 1.